The molecular formula is C10H20N2O2. The van der Waals surface area contributed by atoms with Crippen LogP contribution >= 0.6 is 0 Å². The molecule has 0 aromatic rings. The standard InChI is InChI=1S/C10H20N2O2/c1-2-12-4-6-14-10(8-12)7-11-3-5-13-9-10/h11H,2-9H2,1H3. The second kappa shape index (κ2) is 4.57. The Morgan fingerprint density at radius 1 is 1.43 bits per heavy atom. The van der Waals surface area contributed by atoms with Crippen LogP contribution in [-0.4, -0.2) is 63.0 Å². The summed E-state index contributed by atoms with van der Waals surface area (Å²) in [6, 6.07) is 0. The van der Waals surface area contributed by atoms with Crippen LogP contribution in [0.5, 0.6) is 0 Å². The Bertz CT molecular complexity index is 179. The third kappa shape index (κ3) is 2.25. The van der Waals surface area contributed by atoms with Gasteiger partial charge >= 0.3 is 0 Å². The van der Waals surface area contributed by atoms with Crippen molar-refractivity contribution in [3.05, 3.63) is 0 Å². The van der Waals surface area contributed by atoms with E-state index >= 15 is 0 Å². The number of rotatable bonds is 1. The quantitative estimate of drug-likeness (QED) is 0.630. The van der Waals surface area contributed by atoms with Crippen molar-refractivity contribution in [3.63, 3.8) is 0 Å². The largest absolute Gasteiger partial charge is 0.377 e. The highest BCUT2D eigenvalue weighted by Gasteiger charge is 2.37. The van der Waals surface area contributed by atoms with Gasteiger partial charge in [-0.25, -0.2) is 0 Å². The van der Waals surface area contributed by atoms with Gasteiger partial charge in [0, 0.05) is 26.2 Å². The van der Waals surface area contributed by atoms with Crippen molar-refractivity contribution in [2.45, 2.75) is 12.5 Å². The maximum absolute atomic E-state index is 5.89. The van der Waals surface area contributed by atoms with Gasteiger partial charge in [0.2, 0.25) is 0 Å². The Hall–Kier alpha value is -0.160. The summed E-state index contributed by atoms with van der Waals surface area (Å²) in [5.74, 6) is 0. The van der Waals surface area contributed by atoms with E-state index < -0.39 is 0 Å². The van der Waals surface area contributed by atoms with Gasteiger partial charge in [-0.05, 0) is 6.54 Å². The Morgan fingerprint density at radius 2 is 2.36 bits per heavy atom. The SMILES string of the molecule is CCN1CCOC2(CNCCOC2)C1. The molecule has 2 aliphatic rings. The zero-order chi connectivity index (χ0) is 9.86. The lowest BCUT2D eigenvalue weighted by atomic mass is 10.0. The van der Waals surface area contributed by atoms with Crippen LogP contribution < -0.4 is 5.32 Å². The maximum Gasteiger partial charge on any atom is 0.116 e. The van der Waals surface area contributed by atoms with Crippen LogP contribution in [0.2, 0.25) is 0 Å². The summed E-state index contributed by atoms with van der Waals surface area (Å²) in [6.45, 7) is 9.58. The third-order valence-electron chi connectivity index (χ3n) is 3.01. The molecule has 4 nitrogen and oxygen atoms in total. The molecule has 14 heavy (non-hydrogen) atoms. The van der Waals surface area contributed by atoms with Crippen LogP contribution in [0.4, 0.5) is 0 Å². The predicted molar refractivity (Wildman–Crippen MR) is 54.5 cm³/mol. The molecule has 2 aliphatic heterocycles. The van der Waals surface area contributed by atoms with E-state index in [1.807, 2.05) is 0 Å². The second-order valence-electron chi connectivity index (χ2n) is 4.13. The molecule has 2 rings (SSSR count). The van der Waals surface area contributed by atoms with Gasteiger partial charge < -0.3 is 14.8 Å². The number of hydrogen-bond donors (Lipinski definition) is 1. The van der Waals surface area contributed by atoms with E-state index in [4.69, 9.17) is 9.47 Å². The molecule has 0 aromatic carbocycles. The first-order valence-electron chi connectivity index (χ1n) is 5.49. The van der Waals surface area contributed by atoms with E-state index in [9.17, 15) is 0 Å². The minimum atomic E-state index is -0.0925. The van der Waals surface area contributed by atoms with Gasteiger partial charge in [-0.3, -0.25) is 4.90 Å². The van der Waals surface area contributed by atoms with E-state index in [1.165, 1.54) is 0 Å². The van der Waals surface area contributed by atoms with E-state index in [0.717, 1.165) is 52.5 Å². The summed E-state index contributed by atoms with van der Waals surface area (Å²) in [5, 5.41) is 3.38. The molecule has 0 aliphatic carbocycles. The number of ether oxygens (including phenoxy) is 2. The van der Waals surface area contributed by atoms with Crippen LogP contribution in [0.3, 0.4) is 0 Å². The monoisotopic (exact) mass is 200 g/mol. The Morgan fingerprint density at radius 3 is 3.21 bits per heavy atom. The van der Waals surface area contributed by atoms with Gasteiger partial charge in [-0.1, -0.05) is 6.92 Å². The first kappa shape index (κ1) is 10.4. The van der Waals surface area contributed by atoms with Gasteiger partial charge in [-0.15, -0.1) is 0 Å². The first-order chi connectivity index (χ1) is 6.85. The van der Waals surface area contributed by atoms with Crippen molar-refractivity contribution in [3.8, 4) is 0 Å². The predicted octanol–water partition coefficient (Wildman–Crippen LogP) is -0.303. The van der Waals surface area contributed by atoms with Gasteiger partial charge in [0.25, 0.3) is 0 Å². The summed E-state index contributed by atoms with van der Waals surface area (Å²) >= 11 is 0. The van der Waals surface area contributed by atoms with Gasteiger partial charge in [-0.2, -0.15) is 0 Å². The molecule has 2 heterocycles. The molecule has 0 aromatic heterocycles. The summed E-state index contributed by atoms with van der Waals surface area (Å²) in [7, 11) is 0. The van der Waals surface area contributed by atoms with Gasteiger partial charge in [0.1, 0.15) is 5.60 Å². The Labute approximate surface area is 85.5 Å². The lowest BCUT2D eigenvalue weighted by molar-refractivity contribution is -0.133. The molecule has 82 valence electrons. The average molecular weight is 200 g/mol. The Kier molecular flexibility index (Phi) is 3.38. The van der Waals surface area contributed by atoms with E-state index in [0.29, 0.717) is 0 Å². The number of hydrogen-bond acceptors (Lipinski definition) is 4. The number of nitrogens with zero attached hydrogens (tertiary/aromatic N) is 1. The molecule has 1 spiro atoms. The minimum absolute atomic E-state index is 0.0925. The molecule has 1 atom stereocenters. The lowest BCUT2D eigenvalue weighted by Crippen LogP contribution is -2.58. The first-order valence-corrected chi connectivity index (χ1v) is 5.49. The average Bonchev–Trinajstić information content (AvgIpc) is 2.44. The fourth-order valence-corrected chi connectivity index (χ4v) is 2.16. The van der Waals surface area contributed by atoms with Crippen molar-refractivity contribution in [1.29, 1.82) is 0 Å². The molecule has 0 amide bonds. The fraction of sp³-hybridized carbons (Fsp3) is 1.00. The normalized spacial score (nSPS) is 35.8. The van der Waals surface area contributed by atoms with E-state index in [1.54, 1.807) is 0 Å². The zero-order valence-corrected chi connectivity index (χ0v) is 8.92. The van der Waals surface area contributed by atoms with Crippen molar-refractivity contribution in [2.24, 2.45) is 0 Å². The minimum Gasteiger partial charge on any atom is -0.377 e. The molecular weight excluding hydrogens is 180 g/mol. The van der Waals surface area contributed by atoms with Crippen molar-refractivity contribution >= 4 is 0 Å². The number of likely N-dealkylation sites (N-methyl/N-ethyl adjacent to an activating group) is 1. The smallest absolute Gasteiger partial charge is 0.116 e. The fourth-order valence-electron chi connectivity index (χ4n) is 2.16. The number of nitrogens with one attached hydrogen (secondary N) is 1. The molecule has 2 saturated heterocycles. The molecule has 0 radical (unpaired) electrons. The van der Waals surface area contributed by atoms with Gasteiger partial charge in [0.15, 0.2) is 0 Å². The van der Waals surface area contributed by atoms with Gasteiger partial charge in [0.05, 0.1) is 19.8 Å². The molecule has 4 heteroatoms. The molecule has 1 unspecified atom stereocenters. The van der Waals surface area contributed by atoms with E-state index in [-0.39, 0.29) is 5.60 Å². The van der Waals surface area contributed by atoms with Crippen LogP contribution in [0, 0.1) is 0 Å². The summed E-state index contributed by atoms with van der Waals surface area (Å²) in [6.07, 6.45) is 0. The van der Waals surface area contributed by atoms with Crippen LogP contribution in [-0.2, 0) is 9.47 Å². The van der Waals surface area contributed by atoms with Crippen molar-refractivity contribution < 1.29 is 9.47 Å². The summed E-state index contributed by atoms with van der Waals surface area (Å²) in [5.41, 5.74) is -0.0925. The van der Waals surface area contributed by atoms with Crippen molar-refractivity contribution in [2.75, 3.05) is 52.5 Å². The maximum atomic E-state index is 5.89. The topological polar surface area (TPSA) is 33.7 Å². The van der Waals surface area contributed by atoms with E-state index in [2.05, 4.69) is 17.1 Å². The molecule has 1 N–H and O–H groups in total. The highest BCUT2D eigenvalue weighted by atomic mass is 16.5. The summed E-state index contributed by atoms with van der Waals surface area (Å²) in [4.78, 5) is 2.43. The second-order valence-corrected chi connectivity index (χ2v) is 4.13. The zero-order valence-electron chi connectivity index (χ0n) is 8.92. The lowest BCUT2D eigenvalue weighted by Gasteiger charge is -2.41. The highest BCUT2D eigenvalue weighted by molar-refractivity contribution is 4.91. The van der Waals surface area contributed by atoms with Crippen LogP contribution in [0.15, 0.2) is 0 Å². The van der Waals surface area contributed by atoms with Crippen LogP contribution in [0.1, 0.15) is 6.92 Å². The molecule has 0 saturated carbocycles. The van der Waals surface area contributed by atoms with Crippen LogP contribution in [0.25, 0.3) is 0 Å². The highest BCUT2D eigenvalue weighted by Crippen LogP contribution is 2.19. The number of morpholine rings is 1. The Balaban J connectivity index is 1.97. The van der Waals surface area contributed by atoms with Crippen molar-refractivity contribution in [1.82, 2.24) is 10.2 Å². The summed E-state index contributed by atoms with van der Waals surface area (Å²) < 4.78 is 11.5. The molecule has 0 bridgehead atoms. The molecule has 2 fully saturated rings. The third-order valence-corrected chi connectivity index (χ3v) is 3.01.